The molecule has 0 bridgehead atoms. The van der Waals surface area contributed by atoms with E-state index >= 15 is 0 Å². The molecule has 1 unspecified atom stereocenters. The van der Waals surface area contributed by atoms with Crippen LogP contribution < -0.4 is 10.1 Å². The number of amides is 1. The Morgan fingerprint density at radius 2 is 1.96 bits per heavy atom. The van der Waals surface area contributed by atoms with Crippen LogP contribution in [0.15, 0.2) is 18.2 Å². The lowest BCUT2D eigenvalue weighted by Crippen LogP contribution is -2.24. The van der Waals surface area contributed by atoms with E-state index in [1.54, 1.807) is 17.7 Å². The van der Waals surface area contributed by atoms with Crippen LogP contribution in [0.4, 0.5) is 5.82 Å². The van der Waals surface area contributed by atoms with Crippen molar-refractivity contribution in [2.45, 2.75) is 19.4 Å². The van der Waals surface area contributed by atoms with Gasteiger partial charge in [-0.1, -0.05) is 34.8 Å². The third-order valence-electron chi connectivity index (χ3n) is 4.01. The molecule has 1 fully saturated rings. The SMILES string of the molecule is Cc1cc(NC(=O)COc2cc(Cl)c(Cl)cc2Cl)n(C2CCS(=O)(=O)C2)n1. The van der Waals surface area contributed by atoms with E-state index in [1.807, 2.05) is 0 Å². The molecule has 146 valence electrons. The van der Waals surface area contributed by atoms with Gasteiger partial charge in [-0.25, -0.2) is 13.1 Å². The van der Waals surface area contributed by atoms with E-state index in [0.717, 1.165) is 0 Å². The normalized spacial score (nSPS) is 18.4. The van der Waals surface area contributed by atoms with Crippen molar-refractivity contribution >= 4 is 56.4 Å². The summed E-state index contributed by atoms with van der Waals surface area (Å²) in [5, 5.41) is 7.77. The highest BCUT2D eigenvalue weighted by Gasteiger charge is 2.31. The lowest BCUT2D eigenvalue weighted by molar-refractivity contribution is -0.118. The van der Waals surface area contributed by atoms with Crippen molar-refractivity contribution < 1.29 is 17.9 Å². The van der Waals surface area contributed by atoms with E-state index in [0.29, 0.717) is 17.9 Å². The van der Waals surface area contributed by atoms with Crippen molar-refractivity contribution in [1.29, 1.82) is 0 Å². The molecule has 1 aromatic carbocycles. The Morgan fingerprint density at radius 1 is 1.26 bits per heavy atom. The summed E-state index contributed by atoms with van der Waals surface area (Å²) in [6.45, 7) is 1.45. The molecule has 0 radical (unpaired) electrons. The summed E-state index contributed by atoms with van der Waals surface area (Å²) < 4.78 is 30.4. The lowest BCUT2D eigenvalue weighted by atomic mass is 10.3. The first-order chi connectivity index (χ1) is 12.6. The minimum atomic E-state index is -3.07. The zero-order chi connectivity index (χ0) is 19.8. The Labute approximate surface area is 171 Å². The number of rotatable bonds is 5. The summed E-state index contributed by atoms with van der Waals surface area (Å²) in [6.07, 6.45) is 0.460. The summed E-state index contributed by atoms with van der Waals surface area (Å²) in [5.74, 6) is 0.324. The van der Waals surface area contributed by atoms with Crippen LogP contribution in [0.3, 0.4) is 0 Å². The van der Waals surface area contributed by atoms with Crippen LogP contribution in [0.1, 0.15) is 18.2 Å². The number of carbonyl (C=O) groups excluding carboxylic acids is 1. The zero-order valence-corrected chi connectivity index (χ0v) is 17.3. The predicted octanol–water partition coefficient (Wildman–Crippen LogP) is 3.53. The monoisotopic (exact) mass is 451 g/mol. The second kappa shape index (κ2) is 7.87. The molecular weight excluding hydrogens is 437 g/mol. The molecule has 0 saturated carbocycles. The summed E-state index contributed by atoms with van der Waals surface area (Å²) in [4.78, 5) is 12.3. The Hall–Kier alpha value is -1.48. The van der Waals surface area contributed by atoms with E-state index in [4.69, 9.17) is 39.5 Å². The van der Waals surface area contributed by atoms with Crippen molar-refractivity contribution in [1.82, 2.24) is 9.78 Å². The van der Waals surface area contributed by atoms with Gasteiger partial charge in [0.05, 0.1) is 38.3 Å². The van der Waals surface area contributed by atoms with E-state index in [1.165, 1.54) is 12.1 Å². The van der Waals surface area contributed by atoms with Crippen LogP contribution in [-0.2, 0) is 14.6 Å². The number of benzene rings is 1. The second-order valence-electron chi connectivity index (χ2n) is 6.21. The fourth-order valence-electron chi connectivity index (χ4n) is 2.79. The maximum absolute atomic E-state index is 12.3. The molecule has 0 aliphatic carbocycles. The number of aryl methyl sites for hydroxylation is 1. The molecule has 1 saturated heterocycles. The molecule has 1 atom stereocenters. The van der Waals surface area contributed by atoms with Crippen molar-refractivity contribution in [2.75, 3.05) is 23.4 Å². The average Bonchev–Trinajstić information content (AvgIpc) is 3.11. The summed E-state index contributed by atoms with van der Waals surface area (Å²) in [7, 11) is -3.07. The molecule has 7 nitrogen and oxygen atoms in total. The maximum Gasteiger partial charge on any atom is 0.263 e. The highest BCUT2D eigenvalue weighted by atomic mass is 35.5. The molecule has 1 amide bonds. The van der Waals surface area contributed by atoms with Gasteiger partial charge in [0.15, 0.2) is 16.4 Å². The number of ether oxygens (including phenoxy) is 1. The Bertz CT molecular complexity index is 991. The molecule has 2 aromatic rings. The van der Waals surface area contributed by atoms with Crippen LogP contribution >= 0.6 is 34.8 Å². The lowest BCUT2D eigenvalue weighted by Gasteiger charge is -2.14. The van der Waals surface area contributed by atoms with Crippen molar-refractivity contribution in [3.05, 3.63) is 39.0 Å². The highest BCUT2D eigenvalue weighted by molar-refractivity contribution is 7.91. The van der Waals surface area contributed by atoms with E-state index in [9.17, 15) is 13.2 Å². The summed E-state index contributed by atoms with van der Waals surface area (Å²) in [6, 6.07) is 4.23. The fourth-order valence-corrected chi connectivity index (χ4v) is 5.08. The maximum atomic E-state index is 12.3. The van der Waals surface area contributed by atoms with Crippen LogP contribution in [0, 0.1) is 6.92 Å². The number of halogens is 3. The first-order valence-electron chi connectivity index (χ1n) is 7.98. The molecule has 0 spiro atoms. The third-order valence-corrected chi connectivity index (χ3v) is 6.78. The van der Waals surface area contributed by atoms with Gasteiger partial charge in [-0.05, 0) is 19.4 Å². The van der Waals surface area contributed by atoms with Gasteiger partial charge >= 0.3 is 0 Å². The quantitative estimate of drug-likeness (QED) is 0.701. The van der Waals surface area contributed by atoms with Crippen LogP contribution in [0.2, 0.25) is 15.1 Å². The Balaban J connectivity index is 1.68. The molecule has 1 aromatic heterocycles. The zero-order valence-electron chi connectivity index (χ0n) is 14.2. The van der Waals surface area contributed by atoms with Gasteiger partial charge in [-0.2, -0.15) is 5.10 Å². The summed E-state index contributed by atoms with van der Waals surface area (Å²) in [5.41, 5.74) is 0.669. The number of hydrogen-bond acceptors (Lipinski definition) is 5. The number of hydrogen-bond donors (Lipinski definition) is 1. The standard InChI is InChI=1S/C16H16Cl3N3O4S/c1-9-4-15(22(21-9)10-2-3-27(24,25)8-10)20-16(23)7-26-14-6-12(18)11(17)5-13(14)19/h4-6,10H,2-3,7-8H2,1H3,(H,20,23). The molecule has 3 rings (SSSR count). The first kappa shape index (κ1) is 20.3. The van der Waals surface area contributed by atoms with Gasteiger partial charge in [-0.15, -0.1) is 0 Å². The molecule has 27 heavy (non-hydrogen) atoms. The molecule has 1 N–H and O–H groups in total. The third kappa shape index (κ3) is 4.87. The Morgan fingerprint density at radius 3 is 2.63 bits per heavy atom. The minimum Gasteiger partial charge on any atom is -0.482 e. The van der Waals surface area contributed by atoms with Crippen LogP contribution in [-0.4, -0.2) is 42.2 Å². The molecule has 11 heteroatoms. The number of sulfone groups is 1. The molecular formula is C16H16Cl3N3O4S. The van der Waals surface area contributed by atoms with Crippen LogP contribution in [0.25, 0.3) is 0 Å². The van der Waals surface area contributed by atoms with Gasteiger partial charge in [-0.3, -0.25) is 4.79 Å². The highest BCUT2D eigenvalue weighted by Crippen LogP contribution is 2.34. The second-order valence-corrected chi connectivity index (χ2v) is 9.66. The Kier molecular flexibility index (Phi) is 5.90. The van der Waals surface area contributed by atoms with Crippen molar-refractivity contribution in [2.24, 2.45) is 0 Å². The topological polar surface area (TPSA) is 90.3 Å². The van der Waals surface area contributed by atoms with E-state index < -0.39 is 15.7 Å². The van der Waals surface area contributed by atoms with Gasteiger partial charge in [0.1, 0.15) is 11.6 Å². The molecule has 1 aliphatic heterocycles. The van der Waals surface area contributed by atoms with Gasteiger partial charge in [0.25, 0.3) is 5.91 Å². The summed E-state index contributed by atoms with van der Waals surface area (Å²) >= 11 is 17.8. The largest absolute Gasteiger partial charge is 0.482 e. The number of nitrogens with one attached hydrogen (secondary N) is 1. The number of nitrogens with zero attached hydrogens (tertiary/aromatic N) is 2. The van der Waals surface area contributed by atoms with Gasteiger partial charge in [0, 0.05) is 12.1 Å². The van der Waals surface area contributed by atoms with Crippen molar-refractivity contribution in [3.63, 3.8) is 0 Å². The van der Waals surface area contributed by atoms with E-state index in [-0.39, 0.29) is 45.0 Å². The fraction of sp³-hybridized carbons (Fsp3) is 0.375. The molecule has 2 heterocycles. The molecule has 1 aliphatic rings. The minimum absolute atomic E-state index is 0.00632. The number of carbonyl (C=O) groups is 1. The van der Waals surface area contributed by atoms with Gasteiger partial charge < -0.3 is 10.1 Å². The van der Waals surface area contributed by atoms with Crippen LogP contribution in [0.5, 0.6) is 5.75 Å². The van der Waals surface area contributed by atoms with Gasteiger partial charge in [0.2, 0.25) is 0 Å². The van der Waals surface area contributed by atoms with E-state index in [2.05, 4.69) is 10.4 Å². The smallest absolute Gasteiger partial charge is 0.263 e. The number of anilines is 1. The first-order valence-corrected chi connectivity index (χ1v) is 10.9. The van der Waals surface area contributed by atoms with Crippen molar-refractivity contribution in [3.8, 4) is 5.75 Å². The average molecular weight is 453 g/mol. The number of aromatic nitrogens is 2. The predicted molar refractivity (Wildman–Crippen MR) is 105 cm³/mol.